The summed E-state index contributed by atoms with van der Waals surface area (Å²) in [6.45, 7) is -0.438. The Balaban J connectivity index is 3.42. The fourth-order valence-electron chi connectivity index (χ4n) is 0.761. The van der Waals surface area contributed by atoms with Crippen LogP contribution in [0.5, 0.6) is 0 Å². The minimum Gasteiger partial charge on any atom is -0.394 e. The number of ether oxygens (including phenoxy) is 2. The molecule has 0 spiro atoms. The lowest BCUT2D eigenvalue weighted by Crippen LogP contribution is -2.28. The third kappa shape index (κ3) is 7.19. The van der Waals surface area contributed by atoms with E-state index >= 15 is 0 Å². The number of aliphatic hydroxyl groups is 4. The fourth-order valence-corrected chi connectivity index (χ4v) is 0.761. The highest BCUT2D eigenvalue weighted by Crippen LogP contribution is 1.93. The van der Waals surface area contributed by atoms with Gasteiger partial charge in [-0.3, -0.25) is 0 Å². The van der Waals surface area contributed by atoms with Gasteiger partial charge in [-0.25, -0.2) is 0 Å². The van der Waals surface area contributed by atoms with Gasteiger partial charge in [0.25, 0.3) is 0 Å². The quantitative estimate of drug-likeness (QED) is 0.342. The first-order valence-electron chi connectivity index (χ1n) is 4.44. The third-order valence-electron chi connectivity index (χ3n) is 1.47. The summed E-state index contributed by atoms with van der Waals surface area (Å²) in [4.78, 5) is 0. The van der Waals surface area contributed by atoms with Gasteiger partial charge >= 0.3 is 0 Å². The van der Waals surface area contributed by atoms with Gasteiger partial charge in [-0.15, -0.1) is 0 Å². The maximum absolute atomic E-state index is 8.90. The van der Waals surface area contributed by atoms with Crippen molar-refractivity contribution in [1.29, 1.82) is 0 Å². The lowest BCUT2D eigenvalue weighted by molar-refractivity contribution is -0.0698. The van der Waals surface area contributed by atoms with Gasteiger partial charge in [-0.1, -0.05) is 0 Å². The Labute approximate surface area is 82.7 Å². The molecule has 0 heterocycles. The molecule has 86 valence electrons. The summed E-state index contributed by atoms with van der Waals surface area (Å²) in [7, 11) is 0. The highest BCUT2D eigenvalue weighted by atomic mass is 16.5. The van der Waals surface area contributed by atoms with Crippen LogP contribution in [-0.4, -0.2) is 72.3 Å². The molecule has 0 aliphatic heterocycles. The van der Waals surface area contributed by atoms with Crippen LogP contribution in [0.3, 0.4) is 0 Å². The van der Waals surface area contributed by atoms with Crippen molar-refractivity contribution in [2.45, 2.75) is 12.2 Å². The van der Waals surface area contributed by atoms with Crippen LogP contribution < -0.4 is 0 Å². The lowest BCUT2D eigenvalue weighted by atomic mass is 10.4. The van der Waals surface area contributed by atoms with Crippen LogP contribution in [0.1, 0.15) is 0 Å². The van der Waals surface area contributed by atoms with Gasteiger partial charge in [-0.2, -0.15) is 0 Å². The smallest absolute Gasteiger partial charge is 0.104 e. The average Bonchev–Trinajstić information content (AvgIpc) is 2.22. The topological polar surface area (TPSA) is 99.4 Å². The van der Waals surface area contributed by atoms with E-state index in [2.05, 4.69) is 0 Å². The van der Waals surface area contributed by atoms with Crippen LogP contribution in [-0.2, 0) is 9.47 Å². The van der Waals surface area contributed by atoms with Crippen LogP contribution in [0.25, 0.3) is 0 Å². The van der Waals surface area contributed by atoms with Gasteiger partial charge < -0.3 is 29.9 Å². The van der Waals surface area contributed by atoms with Gasteiger partial charge in [0.15, 0.2) is 0 Å². The second kappa shape index (κ2) is 9.32. The molecular formula is C8H18O6. The molecule has 4 N–H and O–H groups in total. The number of aliphatic hydroxyl groups excluding tert-OH is 4. The van der Waals surface area contributed by atoms with Crippen molar-refractivity contribution in [3.8, 4) is 0 Å². The van der Waals surface area contributed by atoms with E-state index in [0.717, 1.165) is 0 Å². The predicted octanol–water partition coefficient (Wildman–Crippen LogP) is -2.27. The molecule has 0 aromatic heterocycles. The van der Waals surface area contributed by atoms with Crippen molar-refractivity contribution in [3.63, 3.8) is 0 Å². The molecular weight excluding hydrogens is 192 g/mol. The zero-order valence-electron chi connectivity index (χ0n) is 8.00. The predicted molar refractivity (Wildman–Crippen MR) is 47.8 cm³/mol. The van der Waals surface area contributed by atoms with Crippen molar-refractivity contribution in [2.24, 2.45) is 0 Å². The van der Waals surface area contributed by atoms with Gasteiger partial charge in [0.1, 0.15) is 12.2 Å². The van der Waals surface area contributed by atoms with Crippen LogP contribution in [0.2, 0.25) is 0 Å². The summed E-state index contributed by atoms with van der Waals surface area (Å²) in [5, 5.41) is 34.6. The molecule has 0 aromatic rings. The number of hydrogen-bond donors (Lipinski definition) is 4. The largest absolute Gasteiger partial charge is 0.394 e. The molecule has 6 heteroatoms. The summed E-state index contributed by atoms with van der Waals surface area (Å²) in [5.41, 5.74) is 0. The summed E-state index contributed by atoms with van der Waals surface area (Å²) in [5.74, 6) is 0. The molecule has 0 rings (SSSR count). The Morgan fingerprint density at radius 2 is 1.71 bits per heavy atom. The Hall–Kier alpha value is -0.240. The van der Waals surface area contributed by atoms with E-state index in [9.17, 15) is 0 Å². The van der Waals surface area contributed by atoms with E-state index in [4.69, 9.17) is 29.9 Å². The third-order valence-corrected chi connectivity index (χ3v) is 1.47. The van der Waals surface area contributed by atoms with E-state index in [1.807, 2.05) is 0 Å². The molecule has 2 atom stereocenters. The molecule has 14 heavy (non-hydrogen) atoms. The lowest BCUT2D eigenvalue weighted by Gasteiger charge is -2.15. The first-order valence-corrected chi connectivity index (χ1v) is 4.44. The molecule has 0 aliphatic rings. The van der Waals surface area contributed by atoms with Crippen molar-refractivity contribution in [3.05, 3.63) is 0 Å². The molecule has 0 bridgehead atoms. The van der Waals surface area contributed by atoms with Crippen molar-refractivity contribution in [1.82, 2.24) is 0 Å². The maximum Gasteiger partial charge on any atom is 0.104 e. The van der Waals surface area contributed by atoms with Crippen molar-refractivity contribution >= 4 is 0 Å². The van der Waals surface area contributed by atoms with E-state index in [-0.39, 0.29) is 39.6 Å². The molecule has 0 saturated heterocycles. The molecule has 0 amide bonds. The molecule has 0 aliphatic carbocycles. The van der Waals surface area contributed by atoms with Gasteiger partial charge in [-0.05, 0) is 0 Å². The monoisotopic (exact) mass is 210 g/mol. The van der Waals surface area contributed by atoms with Crippen LogP contribution in [0.15, 0.2) is 0 Å². The molecule has 6 nitrogen and oxygen atoms in total. The van der Waals surface area contributed by atoms with Crippen LogP contribution >= 0.6 is 0 Å². The highest BCUT2D eigenvalue weighted by Gasteiger charge is 2.09. The molecule has 0 radical (unpaired) electrons. The average molecular weight is 210 g/mol. The maximum atomic E-state index is 8.90. The summed E-state index contributed by atoms with van der Waals surface area (Å²) in [6.07, 6.45) is -1.42. The highest BCUT2D eigenvalue weighted by molar-refractivity contribution is 4.56. The normalized spacial score (nSPS) is 15.4. The molecule has 0 fully saturated rings. The zero-order chi connectivity index (χ0) is 10.8. The summed E-state index contributed by atoms with van der Waals surface area (Å²) in [6, 6.07) is 0. The zero-order valence-corrected chi connectivity index (χ0v) is 8.00. The molecule has 0 saturated carbocycles. The van der Waals surface area contributed by atoms with E-state index in [0.29, 0.717) is 0 Å². The Morgan fingerprint density at radius 3 is 2.21 bits per heavy atom. The van der Waals surface area contributed by atoms with Gasteiger partial charge in [0, 0.05) is 0 Å². The number of rotatable bonds is 9. The minimum absolute atomic E-state index is 0.00448. The SMILES string of the molecule is OCCOC(CO)COCC(O)CO. The van der Waals surface area contributed by atoms with Crippen molar-refractivity contribution < 1.29 is 29.9 Å². The van der Waals surface area contributed by atoms with E-state index in [1.165, 1.54) is 0 Å². The Kier molecular flexibility index (Phi) is 9.16. The van der Waals surface area contributed by atoms with Gasteiger partial charge in [0.2, 0.25) is 0 Å². The second-order valence-electron chi connectivity index (χ2n) is 2.77. The number of hydrogen-bond acceptors (Lipinski definition) is 6. The van der Waals surface area contributed by atoms with Crippen molar-refractivity contribution in [2.75, 3.05) is 39.6 Å². The minimum atomic E-state index is -0.910. The Morgan fingerprint density at radius 1 is 1.00 bits per heavy atom. The van der Waals surface area contributed by atoms with Crippen LogP contribution in [0, 0.1) is 0 Å². The molecule has 0 aromatic carbocycles. The first-order chi connectivity index (χ1) is 6.74. The summed E-state index contributed by atoms with van der Waals surface area (Å²) < 4.78 is 9.95. The van der Waals surface area contributed by atoms with Gasteiger partial charge in [0.05, 0.1) is 39.6 Å². The summed E-state index contributed by atoms with van der Waals surface area (Å²) >= 11 is 0. The Bertz CT molecular complexity index is 120. The van der Waals surface area contributed by atoms with E-state index in [1.54, 1.807) is 0 Å². The fraction of sp³-hybridized carbons (Fsp3) is 1.00. The van der Waals surface area contributed by atoms with E-state index < -0.39 is 12.2 Å². The second-order valence-corrected chi connectivity index (χ2v) is 2.77. The molecule has 2 unspecified atom stereocenters. The first kappa shape index (κ1) is 13.8. The standard InChI is InChI=1S/C8H18O6/c9-1-2-14-8(4-11)6-13-5-7(12)3-10/h7-12H,1-6H2. The van der Waals surface area contributed by atoms with Crippen LogP contribution in [0.4, 0.5) is 0 Å².